The van der Waals surface area contributed by atoms with Crippen molar-refractivity contribution in [2.24, 2.45) is 5.92 Å². The van der Waals surface area contributed by atoms with E-state index in [1.807, 2.05) is 77.1 Å². The summed E-state index contributed by atoms with van der Waals surface area (Å²) in [4.78, 5) is 0. The van der Waals surface area contributed by atoms with Gasteiger partial charge in [-0.25, -0.2) is 0 Å². The van der Waals surface area contributed by atoms with Gasteiger partial charge in [-0.2, -0.15) is 0 Å². The molecule has 0 spiro atoms. The van der Waals surface area contributed by atoms with Gasteiger partial charge in [-0.3, -0.25) is 0 Å². The molecule has 1 unspecified atom stereocenters. The fourth-order valence-electron chi connectivity index (χ4n) is 7.04. The molecule has 6 rings (SSSR count). The van der Waals surface area contributed by atoms with Crippen molar-refractivity contribution >= 4 is 46.3 Å². The molecule has 0 saturated heterocycles. The first-order valence-electron chi connectivity index (χ1n) is 15.1. The molecule has 0 saturated carbocycles. The van der Waals surface area contributed by atoms with Gasteiger partial charge in [-0.15, -0.1) is 0 Å². The topological polar surface area (TPSA) is 0 Å². The van der Waals surface area contributed by atoms with Gasteiger partial charge < -0.3 is 0 Å². The van der Waals surface area contributed by atoms with Gasteiger partial charge in [0, 0.05) is 0 Å². The van der Waals surface area contributed by atoms with Crippen molar-refractivity contribution in [1.29, 1.82) is 0 Å². The van der Waals surface area contributed by atoms with Gasteiger partial charge in [0.2, 0.25) is 0 Å². The predicted molar refractivity (Wildman–Crippen MR) is 177 cm³/mol. The SMILES string of the molecule is CC(C)C1=Cc2c(ccc(C(C)(C)C)c2-c2cc(C(F)(F)F)cc(C(F)(F)F)c2)[CH]1[Zr]([Cl])([Cl])[c]1cccc2c1[SiH2]c1ccccc1-2. The molecule has 0 bridgehead atoms. The Labute approximate surface area is 279 Å². The molecular weight excluding hydrogens is 737 g/mol. The predicted octanol–water partition coefficient (Wildman–Crippen LogP) is 9.67. The zero-order chi connectivity index (χ0) is 33.6. The third-order valence-electron chi connectivity index (χ3n) is 9.16. The van der Waals surface area contributed by atoms with Crippen molar-refractivity contribution in [2.45, 2.75) is 56.0 Å². The Balaban J connectivity index is 1.61. The molecule has 0 radical (unpaired) electrons. The molecule has 0 nitrogen and oxygen atoms in total. The molecular formula is C36H32Cl2F6SiZr. The maximum atomic E-state index is 14.0. The van der Waals surface area contributed by atoms with Crippen LogP contribution < -0.4 is 13.6 Å². The van der Waals surface area contributed by atoms with Crippen LogP contribution in [0.25, 0.3) is 28.3 Å². The van der Waals surface area contributed by atoms with Crippen LogP contribution >= 0.6 is 17.0 Å². The first-order valence-corrected chi connectivity index (χ1v) is 25.5. The van der Waals surface area contributed by atoms with Crippen LogP contribution in [0.5, 0.6) is 0 Å². The molecule has 1 aliphatic carbocycles. The zero-order valence-electron chi connectivity index (χ0n) is 25.9. The summed E-state index contributed by atoms with van der Waals surface area (Å²) in [7, 11) is 14.6. The molecule has 1 atom stereocenters. The van der Waals surface area contributed by atoms with Crippen LogP contribution in [0.1, 0.15) is 66.1 Å². The summed E-state index contributed by atoms with van der Waals surface area (Å²) in [5, 5.41) is 2.56. The minimum atomic E-state index is -4.97. The second kappa shape index (κ2) is 11.5. The van der Waals surface area contributed by atoms with Gasteiger partial charge in [-0.1, -0.05) is 0 Å². The van der Waals surface area contributed by atoms with E-state index in [2.05, 4.69) is 18.2 Å². The van der Waals surface area contributed by atoms with Gasteiger partial charge in [0.05, 0.1) is 0 Å². The number of rotatable bonds is 4. The summed E-state index contributed by atoms with van der Waals surface area (Å²) in [6.07, 6.45) is -8.00. The van der Waals surface area contributed by atoms with Gasteiger partial charge in [-0.05, 0) is 0 Å². The van der Waals surface area contributed by atoms with Crippen molar-refractivity contribution < 1.29 is 44.2 Å². The maximum absolute atomic E-state index is 14.0. The van der Waals surface area contributed by atoms with E-state index in [-0.39, 0.29) is 21.2 Å². The van der Waals surface area contributed by atoms with Gasteiger partial charge in [0.1, 0.15) is 0 Å². The van der Waals surface area contributed by atoms with Crippen molar-refractivity contribution in [2.75, 3.05) is 0 Å². The molecule has 0 amide bonds. The first-order chi connectivity index (χ1) is 21.3. The number of fused-ring (bicyclic) bond motifs is 4. The third-order valence-corrected chi connectivity index (χ3v) is 23.4. The van der Waals surface area contributed by atoms with Gasteiger partial charge in [0.15, 0.2) is 0 Å². The van der Waals surface area contributed by atoms with E-state index in [1.165, 1.54) is 15.9 Å². The zero-order valence-corrected chi connectivity index (χ0v) is 31.3. The van der Waals surface area contributed by atoms with E-state index in [9.17, 15) is 26.3 Å². The Hall–Kier alpha value is -2.12. The van der Waals surface area contributed by atoms with Gasteiger partial charge in [0.25, 0.3) is 0 Å². The summed E-state index contributed by atoms with van der Waals surface area (Å²) < 4.78 is 84.9. The first kappa shape index (κ1) is 33.8. The average Bonchev–Trinajstić information content (AvgIpc) is 3.54. The fourth-order valence-corrected chi connectivity index (χ4v) is 24.1. The number of hydrogen-bond acceptors (Lipinski definition) is 0. The van der Waals surface area contributed by atoms with Crippen LogP contribution in [0.3, 0.4) is 0 Å². The molecule has 4 aromatic rings. The van der Waals surface area contributed by atoms with Crippen molar-refractivity contribution in [1.82, 2.24) is 0 Å². The number of benzene rings is 4. The number of halogens is 8. The standard InChI is InChI=1S/C24H23F6.C12H9Si.2ClH.Zr/c1-13(2)15-8-14-6-7-20(22(3,4)5)21(19(14)11-15)16-9-17(23(25,26)27)12-18(10-16)24(28,29)30;1-3-7-11-9(5-1)10-6-2-4-8-12(10)13-11;;;/h6-13H,1-5H3;1-7H,13H2;2*1H;/q;;;;+2/p-2. The van der Waals surface area contributed by atoms with Crippen molar-refractivity contribution in [3.63, 3.8) is 0 Å². The van der Waals surface area contributed by atoms with E-state index in [0.29, 0.717) is 16.7 Å². The average molecular weight is 769 g/mol. The number of allylic oxidation sites excluding steroid dienone is 1. The van der Waals surface area contributed by atoms with Crippen LogP contribution in [0.4, 0.5) is 26.3 Å². The van der Waals surface area contributed by atoms with Crippen LogP contribution in [0.2, 0.25) is 0 Å². The monoisotopic (exact) mass is 766 g/mol. The molecule has 46 heavy (non-hydrogen) atoms. The Morgan fingerprint density at radius 1 is 0.761 bits per heavy atom. The molecule has 10 heteroatoms. The van der Waals surface area contributed by atoms with E-state index < -0.39 is 56.3 Å². The fraction of sp³-hybridized carbons (Fsp3) is 0.278. The summed E-state index contributed by atoms with van der Waals surface area (Å²) in [5.41, 5.74) is 2.29. The van der Waals surface area contributed by atoms with E-state index in [0.717, 1.165) is 32.1 Å². The molecule has 240 valence electrons. The van der Waals surface area contributed by atoms with Crippen molar-refractivity contribution in [3.05, 3.63) is 106 Å². The van der Waals surface area contributed by atoms with Gasteiger partial charge >= 0.3 is 281 Å². The molecule has 0 fully saturated rings. The molecule has 1 aliphatic heterocycles. The summed E-state index contributed by atoms with van der Waals surface area (Å²) in [6, 6.07) is 20.1. The van der Waals surface area contributed by atoms with Crippen molar-refractivity contribution in [3.8, 4) is 22.3 Å². The Bertz CT molecular complexity index is 1870. The summed E-state index contributed by atoms with van der Waals surface area (Å²) in [5.74, 6) is -0.0182. The summed E-state index contributed by atoms with van der Waals surface area (Å²) >= 11 is -4.45. The second-order valence-electron chi connectivity index (χ2n) is 13.6. The van der Waals surface area contributed by atoms with E-state index in [4.69, 9.17) is 17.0 Å². The quantitative estimate of drug-likeness (QED) is 0.126. The minimum absolute atomic E-state index is 0.0182. The number of hydrogen-bond donors (Lipinski definition) is 0. The normalized spacial score (nSPS) is 16.9. The van der Waals surface area contributed by atoms with E-state index >= 15 is 0 Å². The van der Waals surface area contributed by atoms with E-state index in [1.54, 1.807) is 0 Å². The Kier molecular flexibility index (Phi) is 8.44. The summed E-state index contributed by atoms with van der Waals surface area (Å²) in [6.45, 7) is 9.75. The molecule has 4 aromatic carbocycles. The molecule has 2 aliphatic rings. The molecule has 1 heterocycles. The Morgan fingerprint density at radius 3 is 1.96 bits per heavy atom. The number of alkyl halides is 6. The molecule has 0 aromatic heterocycles. The third kappa shape index (κ3) is 5.80. The van der Waals surface area contributed by atoms with Crippen LogP contribution in [-0.2, 0) is 35.6 Å². The second-order valence-corrected chi connectivity index (χ2v) is 29.4. The van der Waals surface area contributed by atoms with Crippen LogP contribution in [0, 0.1) is 5.92 Å². The molecule has 0 N–H and O–H groups in total. The van der Waals surface area contributed by atoms with Crippen LogP contribution in [-0.4, -0.2) is 9.52 Å². The Morgan fingerprint density at radius 2 is 1.37 bits per heavy atom. The van der Waals surface area contributed by atoms with Crippen LogP contribution in [0.15, 0.2) is 78.4 Å².